The van der Waals surface area contributed by atoms with Crippen LogP contribution in [0.2, 0.25) is 0 Å². The number of hydrogen-bond acceptors (Lipinski definition) is 3. The highest BCUT2D eigenvalue weighted by Crippen LogP contribution is 2.17. The van der Waals surface area contributed by atoms with Gasteiger partial charge in [0, 0.05) is 0 Å². The van der Waals surface area contributed by atoms with Gasteiger partial charge < -0.3 is 9.64 Å². The lowest BCUT2D eigenvalue weighted by molar-refractivity contribution is -0.122. The number of hydrogen-bond donors (Lipinski definition) is 0. The second kappa shape index (κ2) is 6.96. The van der Waals surface area contributed by atoms with Gasteiger partial charge in [-0.2, -0.15) is 0 Å². The summed E-state index contributed by atoms with van der Waals surface area (Å²) in [6, 6.07) is 0. The Morgan fingerprint density at radius 2 is 2.07 bits per heavy atom. The molecule has 0 aliphatic carbocycles. The zero-order chi connectivity index (χ0) is 11.1. The molecule has 0 bridgehead atoms. The largest absolute Gasteiger partial charge is 0.373 e. The first-order valence-electron chi connectivity index (χ1n) is 6.02. The van der Waals surface area contributed by atoms with E-state index in [1.807, 2.05) is 0 Å². The summed E-state index contributed by atoms with van der Waals surface area (Å²) < 4.78 is 5.36. The van der Waals surface area contributed by atoms with Crippen molar-refractivity contribution in [2.75, 3.05) is 32.8 Å². The van der Waals surface area contributed by atoms with Gasteiger partial charge in [-0.05, 0) is 51.7 Å². The number of nitrogens with zero attached hydrogens (tertiary/aromatic N) is 1. The summed E-state index contributed by atoms with van der Waals surface area (Å²) in [5, 5.41) is 0. The van der Waals surface area contributed by atoms with E-state index < -0.39 is 0 Å². The van der Waals surface area contributed by atoms with Crippen molar-refractivity contribution < 1.29 is 9.53 Å². The molecule has 3 heteroatoms. The number of piperidine rings is 1. The first-order valence-corrected chi connectivity index (χ1v) is 6.02. The van der Waals surface area contributed by atoms with Crippen LogP contribution in [-0.2, 0) is 9.53 Å². The van der Waals surface area contributed by atoms with E-state index >= 15 is 0 Å². The van der Waals surface area contributed by atoms with Crippen LogP contribution in [0.25, 0.3) is 0 Å². The Hall–Kier alpha value is -0.410. The summed E-state index contributed by atoms with van der Waals surface area (Å²) in [4.78, 5) is 13.2. The van der Waals surface area contributed by atoms with Crippen molar-refractivity contribution in [2.24, 2.45) is 5.92 Å². The molecule has 0 unspecified atom stereocenters. The highest BCUT2D eigenvalue weighted by atomic mass is 16.5. The molecule has 1 aliphatic rings. The van der Waals surface area contributed by atoms with E-state index in [0.29, 0.717) is 5.92 Å². The topological polar surface area (TPSA) is 29.5 Å². The Labute approximate surface area is 92.8 Å². The van der Waals surface area contributed by atoms with Gasteiger partial charge in [0.2, 0.25) is 0 Å². The van der Waals surface area contributed by atoms with Gasteiger partial charge in [-0.1, -0.05) is 6.92 Å². The average Bonchev–Trinajstić information content (AvgIpc) is 2.20. The summed E-state index contributed by atoms with van der Waals surface area (Å²) >= 11 is 0. The van der Waals surface area contributed by atoms with Gasteiger partial charge in [-0.3, -0.25) is 4.79 Å². The number of Topliss-reactive ketones (excluding diaryl/α,β-unsaturated/α-hetero) is 1. The Balaban J connectivity index is 2.06. The predicted molar refractivity (Wildman–Crippen MR) is 61.0 cm³/mol. The number of carbonyl (C=O) groups excluding carboxylic acids is 1. The molecule has 3 nitrogen and oxygen atoms in total. The van der Waals surface area contributed by atoms with E-state index in [4.69, 9.17) is 4.74 Å². The maximum atomic E-state index is 10.7. The fourth-order valence-corrected chi connectivity index (χ4v) is 2.06. The molecule has 0 atom stereocenters. The monoisotopic (exact) mass is 213 g/mol. The molecule has 0 spiro atoms. The Bertz CT molecular complexity index is 186. The van der Waals surface area contributed by atoms with E-state index in [1.54, 1.807) is 6.92 Å². The van der Waals surface area contributed by atoms with Crippen molar-refractivity contribution in [3.05, 3.63) is 0 Å². The molecule has 1 aliphatic heterocycles. The fourth-order valence-electron chi connectivity index (χ4n) is 2.06. The molecule has 15 heavy (non-hydrogen) atoms. The zero-order valence-electron chi connectivity index (χ0n) is 10.00. The minimum Gasteiger partial charge on any atom is -0.373 e. The molecule has 0 aromatic rings. The summed E-state index contributed by atoms with van der Waals surface area (Å²) in [5.74, 6) is 0.788. The fraction of sp³-hybridized carbons (Fsp3) is 0.917. The maximum absolute atomic E-state index is 10.7. The first-order chi connectivity index (χ1) is 7.22. The van der Waals surface area contributed by atoms with E-state index in [-0.39, 0.29) is 12.4 Å². The lowest BCUT2D eigenvalue weighted by Crippen LogP contribution is -2.35. The minimum absolute atomic E-state index is 0.124. The van der Waals surface area contributed by atoms with Crippen molar-refractivity contribution in [1.29, 1.82) is 0 Å². The van der Waals surface area contributed by atoms with Crippen molar-refractivity contribution in [2.45, 2.75) is 33.1 Å². The standard InChI is InChI=1S/C12H23NO2/c1-3-6-13-7-4-12(5-8-13)10-15-9-11(2)14/h12H,3-10H2,1-2H3. The molecule has 0 saturated carbocycles. The predicted octanol–water partition coefficient (Wildman–Crippen LogP) is 1.71. The van der Waals surface area contributed by atoms with Gasteiger partial charge in [0.15, 0.2) is 5.78 Å². The normalized spacial score (nSPS) is 19.3. The number of carbonyl (C=O) groups is 1. The van der Waals surface area contributed by atoms with E-state index in [1.165, 1.54) is 38.9 Å². The zero-order valence-corrected chi connectivity index (χ0v) is 10.00. The second-order valence-electron chi connectivity index (χ2n) is 4.50. The lowest BCUT2D eigenvalue weighted by atomic mass is 9.98. The highest BCUT2D eigenvalue weighted by molar-refractivity contribution is 5.76. The third-order valence-corrected chi connectivity index (χ3v) is 2.91. The van der Waals surface area contributed by atoms with E-state index in [2.05, 4.69) is 11.8 Å². The molecular weight excluding hydrogens is 190 g/mol. The van der Waals surface area contributed by atoms with Crippen LogP contribution in [0.5, 0.6) is 0 Å². The molecule has 1 fully saturated rings. The van der Waals surface area contributed by atoms with Gasteiger partial charge in [0.1, 0.15) is 6.61 Å². The Kier molecular flexibility index (Phi) is 5.88. The van der Waals surface area contributed by atoms with Crippen LogP contribution in [0.1, 0.15) is 33.1 Å². The molecule has 1 heterocycles. The molecule has 88 valence electrons. The smallest absolute Gasteiger partial charge is 0.155 e. The SMILES string of the molecule is CCCN1CCC(COCC(C)=O)CC1. The van der Waals surface area contributed by atoms with Gasteiger partial charge in [0.25, 0.3) is 0 Å². The summed E-state index contributed by atoms with van der Waals surface area (Å²) in [6.45, 7) is 8.46. The Morgan fingerprint density at radius 3 is 2.60 bits per heavy atom. The summed E-state index contributed by atoms with van der Waals surface area (Å²) in [6.07, 6.45) is 3.68. The quantitative estimate of drug-likeness (QED) is 0.673. The van der Waals surface area contributed by atoms with Crippen LogP contribution in [0.15, 0.2) is 0 Å². The lowest BCUT2D eigenvalue weighted by Gasteiger charge is -2.31. The van der Waals surface area contributed by atoms with Crippen LogP contribution < -0.4 is 0 Å². The van der Waals surface area contributed by atoms with Crippen molar-refractivity contribution >= 4 is 5.78 Å². The van der Waals surface area contributed by atoms with Gasteiger partial charge in [-0.25, -0.2) is 0 Å². The van der Waals surface area contributed by atoms with E-state index in [0.717, 1.165) is 6.61 Å². The molecule has 0 aromatic carbocycles. The molecule has 1 saturated heterocycles. The van der Waals surface area contributed by atoms with Gasteiger partial charge in [-0.15, -0.1) is 0 Å². The molecular formula is C12H23NO2. The molecule has 0 amide bonds. The van der Waals surface area contributed by atoms with Crippen LogP contribution in [0.4, 0.5) is 0 Å². The molecule has 0 radical (unpaired) electrons. The van der Waals surface area contributed by atoms with Crippen molar-refractivity contribution in [1.82, 2.24) is 4.90 Å². The number of likely N-dealkylation sites (tertiary alicyclic amines) is 1. The average molecular weight is 213 g/mol. The van der Waals surface area contributed by atoms with Gasteiger partial charge in [0.05, 0.1) is 6.61 Å². The van der Waals surface area contributed by atoms with Crippen LogP contribution in [-0.4, -0.2) is 43.5 Å². The summed E-state index contributed by atoms with van der Waals surface area (Å²) in [5.41, 5.74) is 0. The molecule has 0 aromatic heterocycles. The highest BCUT2D eigenvalue weighted by Gasteiger charge is 2.18. The van der Waals surface area contributed by atoms with Gasteiger partial charge >= 0.3 is 0 Å². The van der Waals surface area contributed by atoms with E-state index in [9.17, 15) is 4.79 Å². The number of ether oxygens (including phenoxy) is 1. The van der Waals surface area contributed by atoms with Crippen LogP contribution in [0, 0.1) is 5.92 Å². The maximum Gasteiger partial charge on any atom is 0.155 e. The van der Waals surface area contributed by atoms with Crippen molar-refractivity contribution in [3.8, 4) is 0 Å². The minimum atomic E-state index is 0.124. The van der Waals surface area contributed by atoms with Crippen molar-refractivity contribution in [3.63, 3.8) is 0 Å². The second-order valence-corrected chi connectivity index (χ2v) is 4.50. The third-order valence-electron chi connectivity index (χ3n) is 2.91. The first kappa shape index (κ1) is 12.7. The van der Waals surface area contributed by atoms with Crippen LogP contribution >= 0.6 is 0 Å². The van der Waals surface area contributed by atoms with Crippen LogP contribution in [0.3, 0.4) is 0 Å². The summed E-state index contributed by atoms with van der Waals surface area (Å²) in [7, 11) is 0. The number of rotatable bonds is 6. The Morgan fingerprint density at radius 1 is 1.40 bits per heavy atom. The molecule has 1 rings (SSSR count). The molecule has 0 N–H and O–H groups in total. The number of ketones is 1. The third kappa shape index (κ3) is 5.28.